The summed E-state index contributed by atoms with van der Waals surface area (Å²) in [6.45, 7) is 0.169. The molecular formula is C23H16ClN3O4. The Hall–Kier alpha value is -4.15. The predicted molar refractivity (Wildman–Crippen MR) is 118 cm³/mol. The van der Waals surface area contributed by atoms with Crippen LogP contribution in [0.25, 0.3) is 6.08 Å². The predicted octanol–water partition coefficient (Wildman–Crippen LogP) is 5.37. The molecule has 0 spiro atoms. The minimum atomic E-state index is -0.546. The molecule has 154 valence electrons. The third-order valence-electron chi connectivity index (χ3n) is 4.17. The number of halogens is 1. The molecule has 0 aliphatic heterocycles. The van der Waals surface area contributed by atoms with Crippen molar-refractivity contribution >= 4 is 35.0 Å². The fraction of sp³-hybridized carbons (Fsp3) is 0.0435. The molecule has 8 heteroatoms. The molecule has 7 nitrogen and oxygen atoms in total. The number of ether oxygens (including phenoxy) is 1. The van der Waals surface area contributed by atoms with Crippen LogP contribution in [0.15, 0.2) is 78.4 Å². The van der Waals surface area contributed by atoms with E-state index in [0.29, 0.717) is 27.6 Å². The second-order valence-corrected chi connectivity index (χ2v) is 6.86. The van der Waals surface area contributed by atoms with Crippen molar-refractivity contribution in [2.45, 2.75) is 6.61 Å². The minimum Gasteiger partial charge on any atom is -0.489 e. The molecule has 3 aromatic rings. The lowest BCUT2D eigenvalue weighted by molar-refractivity contribution is -0.384. The Morgan fingerprint density at radius 2 is 1.87 bits per heavy atom. The maximum absolute atomic E-state index is 12.3. The molecule has 0 radical (unpaired) electrons. The SMILES string of the molecule is N#C/C(=C\c1ccc(OCc2cccc([N+](=O)[O-])c2)cc1)C(=O)Nc1cccc(Cl)c1. The largest absolute Gasteiger partial charge is 0.489 e. The number of carbonyl (C=O) groups excluding carboxylic acids is 1. The molecule has 0 aliphatic rings. The number of nitrogens with zero attached hydrogens (tertiary/aromatic N) is 2. The van der Waals surface area contributed by atoms with Crippen molar-refractivity contribution in [3.8, 4) is 11.8 Å². The van der Waals surface area contributed by atoms with E-state index in [9.17, 15) is 20.2 Å². The number of carbonyl (C=O) groups is 1. The maximum atomic E-state index is 12.3. The number of amides is 1. The first-order valence-electron chi connectivity index (χ1n) is 9.09. The Kier molecular flexibility index (Phi) is 6.99. The monoisotopic (exact) mass is 433 g/mol. The van der Waals surface area contributed by atoms with Crippen molar-refractivity contribution in [2.24, 2.45) is 0 Å². The Labute approximate surface area is 183 Å². The Balaban J connectivity index is 1.65. The maximum Gasteiger partial charge on any atom is 0.269 e. The van der Waals surface area contributed by atoms with Gasteiger partial charge in [0.1, 0.15) is 24.0 Å². The average Bonchev–Trinajstić information content (AvgIpc) is 2.77. The molecule has 0 aliphatic carbocycles. The first-order chi connectivity index (χ1) is 14.9. The summed E-state index contributed by atoms with van der Waals surface area (Å²) in [5.41, 5.74) is 1.73. The van der Waals surface area contributed by atoms with Gasteiger partial charge in [-0.15, -0.1) is 0 Å². The van der Waals surface area contributed by atoms with E-state index in [0.717, 1.165) is 0 Å². The third-order valence-corrected chi connectivity index (χ3v) is 4.40. The van der Waals surface area contributed by atoms with Crippen LogP contribution in [0.4, 0.5) is 11.4 Å². The van der Waals surface area contributed by atoms with E-state index >= 15 is 0 Å². The zero-order valence-corrected chi connectivity index (χ0v) is 16.9. The zero-order valence-electron chi connectivity index (χ0n) is 16.1. The lowest BCUT2D eigenvalue weighted by Gasteiger charge is -2.07. The smallest absolute Gasteiger partial charge is 0.269 e. The second-order valence-electron chi connectivity index (χ2n) is 6.42. The lowest BCUT2D eigenvalue weighted by atomic mass is 10.1. The van der Waals surface area contributed by atoms with Crippen molar-refractivity contribution in [3.05, 3.63) is 105 Å². The Morgan fingerprint density at radius 1 is 1.13 bits per heavy atom. The van der Waals surface area contributed by atoms with Crippen LogP contribution < -0.4 is 10.1 Å². The summed E-state index contributed by atoms with van der Waals surface area (Å²) in [7, 11) is 0. The molecular weight excluding hydrogens is 418 g/mol. The molecule has 1 N–H and O–H groups in total. The number of rotatable bonds is 7. The van der Waals surface area contributed by atoms with Crippen molar-refractivity contribution in [2.75, 3.05) is 5.32 Å². The normalized spacial score (nSPS) is 10.8. The van der Waals surface area contributed by atoms with Gasteiger partial charge in [-0.1, -0.05) is 41.9 Å². The fourth-order valence-electron chi connectivity index (χ4n) is 2.67. The average molecular weight is 434 g/mol. The molecule has 0 heterocycles. The molecule has 0 fully saturated rings. The van der Waals surface area contributed by atoms with E-state index in [2.05, 4.69) is 5.32 Å². The summed E-state index contributed by atoms with van der Waals surface area (Å²) < 4.78 is 5.65. The number of hydrogen-bond donors (Lipinski definition) is 1. The van der Waals surface area contributed by atoms with Crippen LogP contribution in [0.1, 0.15) is 11.1 Å². The van der Waals surface area contributed by atoms with Crippen molar-refractivity contribution in [1.29, 1.82) is 5.26 Å². The molecule has 3 aromatic carbocycles. The number of nitro groups is 1. The number of anilines is 1. The molecule has 1 amide bonds. The van der Waals surface area contributed by atoms with E-state index in [1.54, 1.807) is 60.7 Å². The molecule has 0 unspecified atom stereocenters. The van der Waals surface area contributed by atoms with E-state index in [4.69, 9.17) is 16.3 Å². The molecule has 0 saturated carbocycles. The van der Waals surface area contributed by atoms with Crippen LogP contribution in [-0.2, 0) is 11.4 Å². The van der Waals surface area contributed by atoms with Gasteiger partial charge in [0.15, 0.2) is 0 Å². The van der Waals surface area contributed by atoms with Gasteiger partial charge in [-0.2, -0.15) is 5.26 Å². The van der Waals surface area contributed by atoms with Crippen molar-refractivity contribution in [1.82, 2.24) is 0 Å². The van der Waals surface area contributed by atoms with Crippen LogP contribution >= 0.6 is 11.6 Å². The molecule has 3 rings (SSSR count). The zero-order chi connectivity index (χ0) is 22.2. The molecule has 0 aromatic heterocycles. The minimum absolute atomic E-state index is 0.00155. The highest BCUT2D eigenvalue weighted by Crippen LogP contribution is 2.19. The van der Waals surface area contributed by atoms with Gasteiger partial charge in [-0.25, -0.2) is 0 Å². The summed E-state index contributed by atoms with van der Waals surface area (Å²) in [6.07, 6.45) is 1.46. The number of non-ortho nitro benzene ring substituents is 1. The van der Waals surface area contributed by atoms with Gasteiger partial charge in [0, 0.05) is 22.8 Å². The second kappa shape index (κ2) is 10.1. The van der Waals surface area contributed by atoms with Crippen LogP contribution in [0, 0.1) is 21.4 Å². The molecule has 0 saturated heterocycles. The van der Waals surface area contributed by atoms with Crippen molar-refractivity contribution in [3.63, 3.8) is 0 Å². The summed E-state index contributed by atoms with van der Waals surface area (Å²) in [4.78, 5) is 22.7. The van der Waals surface area contributed by atoms with Gasteiger partial charge in [0.25, 0.3) is 11.6 Å². The summed E-state index contributed by atoms with van der Waals surface area (Å²) in [5, 5.41) is 23.3. The third kappa shape index (κ3) is 6.16. The number of nitriles is 1. The number of benzene rings is 3. The van der Waals surface area contributed by atoms with Gasteiger partial charge < -0.3 is 10.1 Å². The topological polar surface area (TPSA) is 105 Å². The lowest BCUT2D eigenvalue weighted by Crippen LogP contribution is -2.13. The Morgan fingerprint density at radius 3 is 2.55 bits per heavy atom. The highest BCUT2D eigenvalue weighted by molar-refractivity contribution is 6.31. The van der Waals surface area contributed by atoms with E-state index in [1.807, 2.05) is 6.07 Å². The van der Waals surface area contributed by atoms with E-state index in [-0.39, 0.29) is 17.9 Å². The van der Waals surface area contributed by atoms with Crippen LogP contribution in [0.2, 0.25) is 5.02 Å². The standard InChI is InChI=1S/C23H16ClN3O4/c24-19-4-2-5-20(13-19)26-23(28)18(14-25)11-16-7-9-22(10-8-16)31-15-17-3-1-6-21(12-17)27(29)30/h1-13H,15H2,(H,26,28)/b18-11+. The van der Waals surface area contributed by atoms with Gasteiger partial charge in [-0.05, 0) is 47.5 Å². The first kappa shape index (κ1) is 21.6. The van der Waals surface area contributed by atoms with Gasteiger partial charge in [0.05, 0.1) is 4.92 Å². The number of nitro benzene ring substituents is 1. The van der Waals surface area contributed by atoms with Crippen LogP contribution in [-0.4, -0.2) is 10.8 Å². The molecule has 0 atom stereocenters. The summed E-state index contributed by atoms with van der Waals surface area (Å²) in [6, 6.07) is 21.5. The fourth-order valence-corrected chi connectivity index (χ4v) is 2.86. The molecule has 31 heavy (non-hydrogen) atoms. The van der Waals surface area contributed by atoms with Gasteiger partial charge in [-0.3, -0.25) is 14.9 Å². The highest BCUT2D eigenvalue weighted by atomic mass is 35.5. The van der Waals surface area contributed by atoms with Crippen molar-refractivity contribution < 1.29 is 14.5 Å². The molecule has 0 bridgehead atoms. The van der Waals surface area contributed by atoms with Gasteiger partial charge in [0.2, 0.25) is 0 Å². The summed E-state index contributed by atoms with van der Waals surface area (Å²) >= 11 is 5.90. The van der Waals surface area contributed by atoms with Crippen LogP contribution in [0.3, 0.4) is 0 Å². The number of nitrogens with one attached hydrogen (secondary N) is 1. The number of hydrogen-bond acceptors (Lipinski definition) is 5. The van der Waals surface area contributed by atoms with E-state index in [1.165, 1.54) is 18.2 Å². The van der Waals surface area contributed by atoms with E-state index < -0.39 is 10.8 Å². The first-order valence-corrected chi connectivity index (χ1v) is 9.47. The van der Waals surface area contributed by atoms with Crippen LogP contribution in [0.5, 0.6) is 5.75 Å². The quantitative estimate of drug-likeness (QED) is 0.233. The highest BCUT2D eigenvalue weighted by Gasteiger charge is 2.10. The Bertz CT molecular complexity index is 1180. The summed E-state index contributed by atoms with van der Waals surface area (Å²) in [5.74, 6) is 0.00121. The van der Waals surface area contributed by atoms with Gasteiger partial charge >= 0.3 is 0 Å².